The normalized spacial score (nSPS) is 21.9. The van der Waals surface area contributed by atoms with E-state index in [-0.39, 0.29) is 42.0 Å². The van der Waals surface area contributed by atoms with Crippen molar-refractivity contribution in [1.82, 2.24) is 29.7 Å². The van der Waals surface area contributed by atoms with E-state index in [1.54, 1.807) is 9.80 Å². The lowest BCUT2D eigenvalue weighted by molar-refractivity contribution is 0.0208. The Morgan fingerprint density at radius 1 is 0.582 bits per heavy atom. The minimum absolute atomic E-state index is 0.0278. The number of nitrogens with zero attached hydrogens (tertiary/aromatic N) is 6. The van der Waals surface area contributed by atoms with Crippen molar-refractivity contribution >= 4 is 45.6 Å². The number of aromatic amines is 2. The van der Waals surface area contributed by atoms with Crippen molar-refractivity contribution in [2.45, 2.75) is 134 Å². The third-order valence-corrected chi connectivity index (χ3v) is 14.0. The maximum absolute atomic E-state index is 16.7. The third kappa shape index (κ3) is 9.03. The monoisotopic (exact) mass is 912 g/mol. The maximum atomic E-state index is 16.7. The Balaban J connectivity index is 0.973. The van der Waals surface area contributed by atoms with E-state index < -0.39 is 22.8 Å². The molecule has 0 aliphatic carbocycles. The molecule has 4 fully saturated rings. The van der Waals surface area contributed by atoms with Gasteiger partial charge in [0.1, 0.15) is 28.5 Å². The SMILES string of the molecule is CC(C)(C)OC(=O)N1CCCC1c1nc2ccc([C@H]3CCC(c4ccc5nc([C@@H]6CCCN6C(=O)OC(C)(C)C)[nH]c5c4)N3c3cc(F)c(N4CCC(c5ccccc5)CC4)c(F)c3)cc2[nH]1. The Morgan fingerprint density at radius 2 is 1.06 bits per heavy atom. The van der Waals surface area contributed by atoms with Crippen molar-refractivity contribution in [2.75, 3.05) is 36.0 Å². The number of benzene rings is 4. The fraction of sp³-hybridized carbons (Fsp3) is 0.472. The molecular formula is C53H62F2N8O4. The Hall–Kier alpha value is -6.18. The molecule has 0 saturated carbocycles. The standard InChI is InChI=1S/C53H62F2N8O4/c1-52(2,3)66-50(64)61-24-10-14-45(61)48-56-39-18-16-34(28-41(39)58-48)43-20-21-44(35-17-19-40-42(29-35)59-49(57-40)46-15-11-25-62(46)51(65)67-53(4,5)6)63(43)36-30-37(54)47(38(55)31-36)60-26-22-33(23-27-60)32-12-8-7-9-13-32/h7-9,12-13,16-19,28-31,33,43-46H,10-11,14-15,20-27H2,1-6H3,(H,56,58)(H,57,59)/t43-,44?,45?,46+/m1/s1. The molecule has 12 nitrogen and oxygen atoms in total. The van der Waals surface area contributed by atoms with Crippen molar-refractivity contribution < 1.29 is 27.8 Å². The number of amides is 2. The van der Waals surface area contributed by atoms with Crippen molar-refractivity contribution in [3.8, 4) is 0 Å². The lowest BCUT2D eigenvalue weighted by atomic mass is 9.89. The third-order valence-electron chi connectivity index (χ3n) is 14.0. The first-order chi connectivity index (χ1) is 32.1. The molecule has 0 bridgehead atoms. The highest BCUT2D eigenvalue weighted by atomic mass is 19.1. The van der Waals surface area contributed by atoms with E-state index in [4.69, 9.17) is 19.4 Å². The number of anilines is 2. The zero-order valence-corrected chi connectivity index (χ0v) is 39.4. The Bertz CT molecular complexity index is 2630. The van der Waals surface area contributed by atoms with Crippen LogP contribution >= 0.6 is 0 Å². The molecule has 2 N–H and O–H groups in total. The number of nitrogens with one attached hydrogen (secondary N) is 2. The summed E-state index contributed by atoms with van der Waals surface area (Å²) in [6, 6.07) is 24.8. The average Bonchev–Trinajstić information content (AvgIpc) is 4.14. The topological polar surface area (TPSA) is 123 Å². The van der Waals surface area contributed by atoms with Crippen LogP contribution in [0.4, 0.5) is 29.7 Å². The van der Waals surface area contributed by atoms with Crippen molar-refractivity contribution in [1.29, 1.82) is 0 Å². The van der Waals surface area contributed by atoms with Crippen LogP contribution in [0.1, 0.15) is 151 Å². The molecule has 0 radical (unpaired) electrons. The van der Waals surface area contributed by atoms with Crippen LogP contribution in [0.25, 0.3) is 22.1 Å². The van der Waals surface area contributed by atoms with Crippen LogP contribution in [0.2, 0.25) is 0 Å². The van der Waals surface area contributed by atoms with Crippen molar-refractivity contribution in [3.05, 3.63) is 119 Å². The van der Waals surface area contributed by atoms with Gasteiger partial charge in [-0.15, -0.1) is 0 Å². The van der Waals surface area contributed by atoms with Crippen molar-refractivity contribution in [2.24, 2.45) is 0 Å². The number of fused-ring (bicyclic) bond motifs is 2. The van der Waals surface area contributed by atoms with E-state index in [0.717, 1.165) is 84.6 Å². The summed E-state index contributed by atoms with van der Waals surface area (Å²) in [5.41, 5.74) is 5.73. The van der Waals surface area contributed by atoms with E-state index in [1.807, 2.05) is 76.8 Å². The number of imidazole rings is 2. The minimum Gasteiger partial charge on any atom is -0.444 e. The van der Waals surface area contributed by atoms with Crippen LogP contribution in [0.3, 0.4) is 0 Å². The zero-order chi connectivity index (χ0) is 46.8. The minimum atomic E-state index is -0.614. The van der Waals surface area contributed by atoms with Gasteiger partial charge in [0.2, 0.25) is 0 Å². The number of carbonyl (C=O) groups is 2. The molecule has 2 unspecified atom stereocenters. The first-order valence-corrected chi connectivity index (χ1v) is 24.1. The molecule has 0 spiro atoms. The van der Waals surface area contributed by atoms with E-state index in [2.05, 4.69) is 51.3 Å². The van der Waals surface area contributed by atoms with Gasteiger partial charge in [0.05, 0.1) is 46.2 Å². The van der Waals surface area contributed by atoms with Gasteiger partial charge in [0.25, 0.3) is 0 Å². The smallest absolute Gasteiger partial charge is 0.410 e. The lowest BCUT2D eigenvalue weighted by Crippen LogP contribution is -2.36. The van der Waals surface area contributed by atoms with Gasteiger partial charge in [-0.3, -0.25) is 9.80 Å². The number of piperidine rings is 1. The molecule has 6 heterocycles. The van der Waals surface area contributed by atoms with Gasteiger partial charge in [-0.05, 0) is 152 Å². The molecule has 352 valence electrons. The molecule has 4 aromatic carbocycles. The van der Waals surface area contributed by atoms with E-state index in [1.165, 1.54) is 17.7 Å². The molecule has 2 aromatic heterocycles. The molecule has 4 atom stereocenters. The molecule has 2 amide bonds. The van der Waals surface area contributed by atoms with Gasteiger partial charge in [-0.25, -0.2) is 28.3 Å². The summed E-state index contributed by atoms with van der Waals surface area (Å²) in [5, 5.41) is 0. The highest BCUT2D eigenvalue weighted by molar-refractivity contribution is 5.79. The van der Waals surface area contributed by atoms with Gasteiger partial charge in [-0.2, -0.15) is 0 Å². The van der Waals surface area contributed by atoms with Crippen LogP contribution in [-0.4, -0.2) is 79.3 Å². The average molecular weight is 913 g/mol. The molecular weight excluding hydrogens is 851 g/mol. The van der Waals surface area contributed by atoms with Gasteiger partial charge in [0.15, 0.2) is 11.6 Å². The number of H-pyrrole nitrogens is 2. The Morgan fingerprint density at radius 3 is 1.52 bits per heavy atom. The van der Waals surface area contributed by atoms with Gasteiger partial charge in [-0.1, -0.05) is 42.5 Å². The largest absolute Gasteiger partial charge is 0.444 e. The highest BCUT2D eigenvalue weighted by Crippen LogP contribution is 2.49. The van der Waals surface area contributed by atoms with E-state index in [9.17, 15) is 9.59 Å². The van der Waals surface area contributed by atoms with Gasteiger partial charge in [0, 0.05) is 31.9 Å². The summed E-state index contributed by atoms with van der Waals surface area (Å²) < 4.78 is 44.9. The summed E-state index contributed by atoms with van der Waals surface area (Å²) in [6.07, 6.45) is 5.62. The van der Waals surface area contributed by atoms with Crippen molar-refractivity contribution in [3.63, 3.8) is 0 Å². The molecule has 6 aromatic rings. The summed E-state index contributed by atoms with van der Waals surface area (Å²) in [6.45, 7) is 13.5. The maximum Gasteiger partial charge on any atom is 0.410 e. The number of likely N-dealkylation sites (tertiary alicyclic amines) is 2. The number of aromatic nitrogens is 4. The van der Waals surface area contributed by atoms with E-state index >= 15 is 8.78 Å². The zero-order valence-electron chi connectivity index (χ0n) is 39.4. The Labute approximate surface area is 391 Å². The predicted molar refractivity (Wildman–Crippen MR) is 256 cm³/mol. The van der Waals surface area contributed by atoms with Gasteiger partial charge >= 0.3 is 12.2 Å². The Kier molecular flexibility index (Phi) is 11.6. The molecule has 4 aliphatic heterocycles. The number of halogens is 2. The van der Waals surface area contributed by atoms with Crippen LogP contribution < -0.4 is 9.80 Å². The fourth-order valence-corrected chi connectivity index (χ4v) is 11.0. The van der Waals surface area contributed by atoms with Gasteiger partial charge < -0.3 is 29.2 Å². The molecule has 4 aliphatic rings. The first-order valence-electron chi connectivity index (χ1n) is 24.1. The second-order valence-electron chi connectivity index (χ2n) is 20.9. The number of rotatable bonds is 7. The van der Waals surface area contributed by atoms with Crippen LogP contribution in [0.5, 0.6) is 0 Å². The number of ether oxygens (including phenoxy) is 2. The number of carbonyl (C=O) groups excluding carboxylic acids is 2. The second-order valence-corrected chi connectivity index (χ2v) is 20.9. The van der Waals surface area contributed by atoms with Crippen LogP contribution in [0.15, 0.2) is 78.9 Å². The van der Waals surface area contributed by atoms with Crippen LogP contribution in [0, 0.1) is 11.6 Å². The predicted octanol–water partition coefficient (Wildman–Crippen LogP) is 12.3. The summed E-state index contributed by atoms with van der Waals surface area (Å²) in [4.78, 5) is 51.0. The summed E-state index contributed by atoms with van der Waals surface area (Å²) >= 11 is 0. The highest BCUT2D eigenvalue weighted by Gasteiger charge is 2.40. The lowest BCUT2D eigenvalue weighted by Gasteiger charge is -2.36. The fourth-order valence-electron chi connectivity index (χ4n) is 11.0. The molecule has 10 rings (SSSR count). The number of hydrogen-bond donors (Lipinski definition) is 2. The molecule has 4 saturated heterocycles. The first kappa shape index (κ1) is 44.6. The van der Waals surface area contributed by atoms with E-state index in [0.29, 0.717) is 49.4 Å². The molecule has 14 heteroatoms. The molecule has 67 heavy (non-hydrogen) atoms. The summed E-state index contributed by atoms with van der Waals surface area (Å²) in [5.74, 6) is 0.630. The van der Waals surface area contributed by atoms with Crippen LogP contribution in [-0.2, 0) is 9.47 Å². The number of hydrogen-bond acceptors (Lipinski definition) is 8. The summed E-state index contributed by atoms with van der Waals surface area (Å²) in [7, 11) is 0. The quantitative estimate of drug-likeness (QED) is 0.162. The second kappa shape index (κ2) is 17.5.